The summed E-state index contributed by atoms with van der Waals surface area (Å²) in [6.07, 6.45) is -0.332. The number of nitrogens with one attached hydrogen (secondary N) is 3. The van der Waals surface area contributed by atoms with Crippen LogP contribution >= 0.6 is 15.9 Å². The number of hydrogen-bond acceptors (Lipinski definition) is 6. The molecule has 0 atom stereocenters. The van der Waals surface area contributed by atoms with Crippen LogP contribution in [0.5, 0.6) is 11.5 Å². The van der Waals surface area contributed by atoms with Crippen LogP contribution in [0.2, 0.25) is 0 Å². The number of hydrogen-bond donors (Lipinski definition) is 3. The van der Waals surface area contributed by atoms with Gasteiger partial charge in [-0.1, -0.05) is 34.1 Å². The minimum Gasteiger partial charge on any atom is -0.457 e. The minimum atomic E-state index is -0.721. The third kappa shape index (κ3) is 8.55. The molecule has 0 aromatic heterocycles. The molecule has 0 radical (unpaired) electrons. The van der Waals surface area contributed by atoms with Gasteiger partial charge in [0.2, 0.25) is 5.91 Å². The standard InChI is InChI=1S/C26H24BrN3O6/c1-17-4-2-3-5-22(17)36-21-12-10-20(11-13-21)28-23(31)14-15-25(33)35-16-24(32)29-30-26(34)18-6-8-19(27)9-7-18/h2-13H,14-16H2,1H3,(H,28,31)(H,29,32)(H,30,34). The van der Waals surface area contributed by atoms with Gasteiger partial charge < -0.3 is 14.8 Å². The molecule has 0 fully saturated rings. The SMILES string of the molecule is Cc1ccccc1Oc1ccc(NC(=O)CCC(=O)OCC(=O)NNC(=O)c2ccc(Br)cc2)cc1. The maximum absolute atomic E-state index is 12.1. The first-order valence-corrected chi connectivity index (χ1v) is 11.7. The molecule has 186 valence electrons. The van der Waals surface area contributed by atoms with E-state index in [9.17, 15) is 19.2 Å². The first-order valence-electron chi connectivity index (χ1n) is 10.9. The van der Waals surface area contributed by atoms with Crippen LogP contribution in [0, 0.1) is 6.92 Å². The van der Waals surface area contributed by atoms with Crippen LogP contribution in [-0.4, -0.2) is 30.3 Å². The summed E-state index contributed by atoms with van der Waals surface area (Å²) in [5.41, 5.74) is 6.27. The van der Waals surface area contributed by atoms with E-state index in [1.165, 1.54) is 0 Å². The number of anilines is 1. The molecule has 0 spiro atoms. The Morgan fingerprint density at radius 2 is 1.50 bits per heavy atom. The van der Waals surface area contributed by atoms with E-state index >= 15 is 0 Å². The molecule has 0 unspecified atom stereocenters. The molecule has 3 aromatic carbocycles. The molecule has 3 aromatic rings. The monoisotopic (exact) mass is 553 g/mol. The third-order valence-corrected chi connectivity index (χ3v) is 5.33. The quantitative estimate of drug-likeness (QED) is 0.268. The summed E-state index contributed by atoms with van der Waals surface area (Å²) in [6.45, 7) is 1.36. The highest BCUT2D eigenvalue weighted by Gasteiger charge is 2.12. The fraction of sp³-hybridized carbons (Fsp3) is 0.154. The molecule has 0 saturated heterocycles. The van der Waals surface area contributed by atoms with Crippen LogP contribution in [0.1, 0.15) is 28.8 Å². The first kappa shape index (κ1) is 26.4. The van der Waals surface area contributed by atoms with Gasteiger partial charge in [0.25, 0.3) is 11.8 Å². The van der Waals surface area contributed by atoms with Gasteiger partial charge in [-0.15, -0.1) is 0 Å². The highest BCUT2D eigenvalue weighted by atomic mass is 79.9. The van der Waals surface area contributed by atoms with Gasteiger partial charge in [0, 0.05) is 22.1 Å². The van der Waals surface area contributed by atoms with Crippen LogP contribution in [0.25, 0.3) is 0 Å². The number of amides is 3. The molecule has 9 nitrogen and oxygen atoms in total. The van der Waals surface area contributed by atoms with Crippen LogP contribution in [-0.2, 0) is 19.1 Å². The van der Waals surface area contributed by atoms with Gasteiger partial charge in [-0.3, -0.25) is 30.0 Å². The molecule has 3 amide bonds. The van der Waals surface area contributed by atoms with Crippen molar-refractivity contribution in [3.8, 4) is 11.5 Å². The highest BCUT2D eigenvalue weighted by molar-refractivity contribution is 9.10. The molecule has 36 heavy (non-hydrogen) atoms. The van der Waals surface area contributed by atoms with Crippen molar-refractivity contribution in [1.82, 2.24) is 10.9 Å². The number of halogens is 1. The van der Waals surface area contributed by atoms with E-state index in [1.807, 2.05) is 31.2 Å². The number of aryl methyl sites for hydroxylation is 1. The van der Waals surface area contributed by atoms with Crippen molar-refractivity contribution in [2.75, 3.05) is 11.9 Å². The fourth-order valence-electron chi connectivity index (χ4n) is 2.90. The number of carbonyl (C=O) groups is 4. The largest absolute Gasteiger partial charge is 0.457 e. The number of rotatable bonds is 9. The number of hydrazine groups is 1. The van der Waals surface area contributed by atoms with Gasteiger partial charge in [-0.2, -0.15) is 0 Å². The lowest BCUT2D eigenvalue weighted by Gasteiger charge is -2.10. The number of benzene rings is 3. The van der Waals surface area contributed by atoms with Crippen molar-refractivity contribution in [1.29, 1.82) is 0 Å². The zero-order valence-electron chi connectivity index (χ0n) is 19.4. The smallest absolute Gasteiger partial charge is 0.306 e. The minimum absolute atomic E-state index is 0.123. The molecule has 0 bridgehead atoms. The predicted octanol–water partition coefficient (Wildman–Crippen LogP) is 4.27. The van der Waals surface area contributed by atoms with Crippen LogP contribution in [0.3, 0.4) is 0 Å². The Balaban J connectivity index is 1.33. The van der Waals surface area contributed by atoms with Gasteiger partial charge in [-0.25, -0.2) is 0 Å². The van der Waals surface area contributed by atoms with Gasteiger partial charge in [-0.05, 0) is 67.1 Å². The molecule has 0 aliphatic carbocycles. The zero-order valence-corrected chi connectivity index (χ0v) is 21.0. The van der Waals surface area contributed by atoms with E-state index < -0.39 is 24.4 Å². The Labute approximate surface area is 216 Å². The summed E-state index contributed by atoms with van der Waals surface area (Å²) in [5.74, 6) is -0.974. The molecule has 10 heteroatoms. The first-order chi connectivity index (χ1) is 17.3. The van der Waals surface area contributed by atoms with Crippen molar-refractivity contribution >= 4 is 45.3 Å². The molecule has 3 rings (SSSR count). The van der Waals surface area contributed by atoms with Crippen molar-refractivity contribution in [2.24, 2.45) is 0 Å². The van der Waals surface area contributed by atoms with E-state index in [-0.39, 0.29) is 18.7 Å². The maximum atomic E-state index is 12.1. The van der Waals surface area contributed by atoms with Crippen LogP contribution in [0.15, 0.2) is 77.3 Å². The number of carbonyl (C=O) groups excluding carboxylic acids is 4. The Morgan fingerprint density at radius 3 is 2.19 bits per heavy atom. The molecule has 0 heterocycles. The van der Waals surface area contributed by atoms with E-state index in [0.717, 1.165) is 15.8 Å². The molecule has 0 saturated carbocycles. The topological polar surface area (TPSA) is 123 Å². The van der Waals surface area contributed by atoms with Crippen LogP contribution in [0.4, 0.5) is 5.69 Å². The third-order valence-electron chi connectivity index (χ3n) is 4.80. The van der Waals surface area contributed by atoms with E-state index in [1.54, 1.807) is 48.5 Å². The summed E-state index contributed by atoms with van der Waals surface area (Å²) < 4.78 is 11.5. The second-order valence-corrected chi connectivity index (χ2v) is 8.53. The number of esters is 1. The lowest BCUT2D eigenvalue weighted by molar-refractivity contribution is -0.149. The Morgan fingerprint density at radius 1 is 0.806 bits per heavy atom. The van der Waals surface area contributed by atoms with Crippen LogP contribution < -0.4 is 20.9 Å². The molecular formula is C26H24BrN3O6. The van der Waals surface area contributed by atoms with Gasteiger partial charge in [0.15, 0.2) is 6.61 Å². The van der Waals surface area contributed by atoms with E-state index in [4.69, 9.17) is 9.47 Å². The number of ether oxygens (including phenoxy) is 2. The lowest BCUT2D eigenvalue weighted by atomic mass is 10.2. The van der Waals surface area contributed by atoms with E-state index in [0.29, 0.717) is 17.0 Å². The van der Waals surface area contributed by atoms with Gasteiger partial charge >= 0.3 is 5.97 Å². The molecule has 3 N–H and O–H groups in total. The van der Waals surface area contributed by atoms with Gasteiger partial charge in [0.1, 0.15) is 11.5 Å². The normalized spacial score (nSPS) is 10.2. The zero-order chi connectivity index (χ0) is 25.9. The summed E-state index contributed by atoms with van der Waals surface area (Å²) in [6, 6.07) is 21.0. The van der Waals surface area contributed by atoms with Gasteiger partial charge in [0.05, 0.1) is 6.42 Å². The summed E-state index contributed by atoms with van der Waals surface area (Å²) in [5, 5.41) is 2.68. The second-order valence-electron chi connectivity index (χ2n) is 7.61. The number of para-hydroxylation sites is 1. The molecule has 0 aliphatic rings. The lowest BCUT2D eigenvalue weighted by Crippen LogP contribution is -2.43. The second kappa shape index (κ2) is 13.1. The highest BCUT2D eigenvalue weighted by Crippen LogP contribution is 2.25. The summed E-state index contributed by atoms with van der Waals surface area (Å²) >= 11 is 3.26. The molecule has 0 aliphatic heterocycles. The fourth-order valence-corrected chi connectivity index (χ4v) is 3.16. The Bertz CT molecular complexity index is 1230. The van der Waals surface area contributed by atoms with Crippen molar-refractivity contribution in [2.45, 2.75) is 19.8 Å². The maximum Gasteiger partial charge on any atom is 0.306 e. The molecular weight excluding hydrogens is 530 g/mol. The van der Waals surface area contributed by atoms with E-state index in [2.05, 4.69) is 32.1 Å². The average molecular weight is 554 g/mol. The van der Waals surface area contributed by atoms with Crippen molar-refractivity contribution in [3.05, 3.63) is 88.4 Å². The summed E-state index contributed by atoms with van der Waals surface area (Å²) in [7, 11) is 0. The Kier molecular flexibility index (Phi) is 9.58. The Hall–Kier alpha value is -4.18. The van der Waals surface area contributed by atoms with Crippen molar-refractivity contribution < 1.29 is 28.7 Å². The van der Waals surface area contributed by atoms with Crippen molar-refractivity contribution in [3.63, 3.8) is 0 Å². The summed E-state index contributed by atoms with van der Waals surface area (Å²) in [4.78, 5) is 47.7. The average Bonchev–Trinajstić information content (AvgIpc) is 2.87. The predicted molar refractivity (Wildman–Crippen MR) is 136 cm³/mol.